The van der Waals surface area contributed by atoms with Gasteiger partial charge >= 0.3 is 0 Å². The van der Waals surface area contributed by atoms with Gasteiger partial charge in [0.05, 0.1) is 5.75 Å². The highest BCUT2D eigenvalue weighted by molar-refractivity contribution is 7.89. The average molecular weight is 359 g/mol. The summed E-state index contributed by atoms with van der Waals surface area (Å²) in [7, 11) is -3.57. The Hall–Kier alpha value is -2.38. The molecule has 7 heteroatoms. The average Bonchev–Trinajstić information content (AvgIpc) is 2.97. The molecule has 0 atom stereocenters. The fraction of sp³-hybridized carbons (Fsp3) is 0.278. The number of nitrogens with one attached hydrogen (secondary N) is 1. The molecule has 2 aromatic carbocycles. The van der Waals surface area contributed by atoms with Gasteiger partial charge in [-0.2, -0.15) is 0 Å². The first-order valence-corrected chi connectivity index (χ1v) is 9.84. The number of nitrogens with zero attached hydrogens (tertiary/aromatic N) is 1. The maximum atomic E-state index is 12.0. The topological polar surface area (TPSA) is 92.5 Å². The molecule has 1 aliphatic heterocycles. The first-order chi connectivity index (χ1) is 11.9. The molecule has 0 aromatic heterocycles. The van der Waals surface area contributed by atoms with Crippen LogP contribution < -0.4 is 15.4 Å². The minimum Gasteiger partial charge on any atom is -0.367 e. The summed E-state index contributed by atoms with van der Waals surface area (Å²) in [5.41, 5.74) is 4.26. The summed E-state index contributed by atoms with van der Waals surface area (Å²) in [6, 6.07) is 15.8. The van der Waals surface area contributed by atoms with Crippen LogP contribution in [0.3, 0.4) is 0 Å². The van der Waals surface area contributed by atoms with Crippen LogP contribution in [-0.2, 0) is 23.0 Å². The Labute approximate surface area is 147 Å². The number of carbonyl (C=O) groups is 1. The third-order valence-corrected chi connectivity index (χ3v) is 5.02. The number of rotatable bonds is 6. The van der Waals surface area contributed by atoms with Gasteiger partial charge in [0, 0.05) is 30.9 Å². The number of nitrogens with two attached hydrogens (primary N) is 1. The first-order valence-electron chi connectivity index (χ1n) is 8.13. The fourth-order valence-electron chi connectivity index (χ4n) is 2.96. The summed E-state index contributed by atoms with van der Waals surface area (Å²) >= 11 is 0. The number of benzene rings is 2. The zero-order valence-electron chi connectivity index (χ0n) is 13.8. The van der Waals surface area contributed by atoms with E-state index in [0.29, 0.717) is 5.56 Å². The van der Waals surface area contributed by atoms with Gasteiger partial charge in [0.2, 0.25) is 10.0 Å². The van der Waals surface area contributed by atoms with E-state index in [1.807, 2.05) is 18.2 Å². The Morgan fingerprint density at radius 1 is 1.12 bits per heavy atom. The van der Waals surface area contributed by atoms with Crippen molar-refractivity contribution in [1.82, 2.24) is 5.32 Å². The number of anilines is 1. The van der Waals surface area contributed by atoms with Gasteiger partial charge in [-0.1, -0.05) is 30.3 Å². The van der Waals surface area contributed by atoms with Crippen LogP contribution in [0.15, 0.2) is 48.5 Å². The Kier molecular flexibility index (Phi) is 5.06. The van der Waals surface area contributed by atoms with Crippen molar-refractivity contribution in [1.29, 1.82) is 0 Å². The number of hydrogen-bond acceptors (Lipinski definition) is 4. The molecule has 2 aromatic rings. The first kappa shape index (κ1) is 17.4. The minimum absolute atomic E-state index is 0.00395. The third kappa shape index (κ3) is 4.58. The number of amides is 1. The highest BCUT2D eigenvalue weighted by Crippen LogP contribution is 2.28. The van der Waals surface area contributed by atoms with Gasteiger partial charge in [-0.25, -0.2) is 13.6 Å². The summed E-state index contributed by atoms with van der Waals surface area (Å²) < 4.78 is 21.7. The molecule has 1 heterocycles. The molecule has 0 aliphatic carbocycles. The molecule has 0 saturated carbocycles. The molecular formula is C18H21N3O3S. The van der Waals surface area contributed by atoms with E-state index in [4.69, 9.17) is 5.14 Å². The largest absolute Gasteiger partial charge is 0.367 e. The number of primary sulfonamides is 1. The molecule has 0 bridgehead atoms. The Morgan fingerprint density at radius 2 is 1.84 bits per heavy atom. The molecular weight excluding hydrogens is 338 g/mol. The highest BCUT2D eigenvalue weighted by Gasteiger charge is 2.18. The van der Waals surface area contributed by atoms with Crippen LogP contribution in [0.4, 0.5) is 5.69 Å². The molecule has 3 N–H and O–H groups in total. The molecule has 6 nitrogen and oxygen atoms in total. The molecule has 25 heavy (non-hydrogen) atoms. The van der Waals surface area contributed by atoms with Crippen LogP contribution in [0.2, 0.25) is 0 Å². The smallest absolute Gasteiger partial charge is 0.251 e. The van der Waals surface area contributed by atoms with E-state index in [0.717, 1.165) is 25.1 Å². The van der Waals surface area contributed by atoms with Crippen LogP contribution in [0, 0.1) is 0 Å². The van der Waals surface area contributed by atoms with E-state index in [1.165, 1.54) is 11.3 Å². The van der Waals surface area contributed by atoms with Crippen molar-refractivity contribution in [2.75, 3.05) is 23.7 Å². The number of hydrogen-bond donors (Lipinski definition) is 2. The summed E-state index contributed by atoms with van der Waals surface area (Å²) in [6.07, 6.45) is 1.06. The molecule has 3 rings (SSSR count). The molecule has 132 valence electrons. The summed E-state index contributed by atoms with van der Waals surface area (Å²) in [4.78, 5) is 14.3. The zero-order valence-corrected chi connectivity index (χ0v) is 14.6. The van der Waals surface area contributed by atoms with E-state index >= 15 is 0 Å². The van der Waals surface area contributed by atoms with Gasteiger partial charge in [-0.3, -0.25) is 4.79 Å². The fourth-order valence-corrected chi connectivity index (χ4v) is 3.35. The zero-order chi connectivity index (χ0) is 17.9. The lowest BCUT2D eigenvalue weighted by atomic mass is 10.1. The predicted octanol–water partition coefficient (Wildman–Crippen LogP) is 1.27. The lowest BCUT2D eigenvalue weighted by molar-refractivity contribution is 0.0956. The second-order valence-corrected chi connectivity index (χ2v) is 7.85. The van der Waals surface area contributed by atoms with Crippen LogP contribution in [0.25, 0.3) is 0 Å². The van der Waals surface area contributed by atoms with Crippen molar-refractivity contribution >= 4 is 21.6 Å². The van der Waals surface area contributed by atoms with E-state index in [9.17, 15) is 13.2 Å². The number of sulfonamides is 1. The number of para-hydroxylation sites is 1. The summed E-state index contributed by atoms with van der Waals surface area (Å²) in [6.45, 7) is 1.80. The Balaban J connectivity index is 1.58. The molecule has 0 radical (unpaired) electrons. The number of carbonyl (C=O) groups excluding carboxylic acids is 1. The van der Waals surface area contributed by atoms with E-state index < -0.39 is 10.0 Å². The maximum absolute atomic E-state index is 12.0. The molecule has 0 fully saturated rings. The van der Waals surface area contributed by atoms with Crippen LogP contribution in [-0.4, -0.2) is 33.2 Å². The molecule has 1 aliphatic rings. The lowest BCUT2D eigenvalue weighted by Gasteiger charge is -2.19. The van der Waals surface area contributed by atoms with E-state index in [2.05, 4.69) is 28.4 Å². The summed E-state index contributed by atoms with van der Waals surface area (Å²) in [5, 5.41) is 7.46. The van der Waals surface area contributed by atoms with Gasteiger partial charge in [-0.15, -0.1) is 0 Å². The van der Waals surface area contributed by atoms with Crippen molar-refractivity contribution in [3.05, 3.63) is 65.2 Å². The van der Waals surface area contributed by atoms with Crippen molar-refractivity contribution < 1.29 is 13.2 Å². The monoisotopic (exact) mass is 359 g/mol. The molecule has 1 amide bonds. The van der Waals surface area contributed by atoms with Gasteiger partial charge in [0.15, 0.2) is 0 Å². The Morgan fingerprint density at radius 3 is 2.56 bits per heavy atom. The predicted molar refractivity (Wildman–Crippen MR) is 97.9 cm³/mol. The number of fused-ring (bicyclic) bond motifs is 1. The van der Waals surface area contributed by atoms with Crippen molar-refractivity contribution in [3.8, 4) is 0 Å². The van der Waals surface area contributed by atoms with Crippen LogP contribution in [0.5, 0.6) is 0 Å². The molecule has 0 unspecified atom stereocenters. The van der Waals surface area contributed by atoms with Crippen molar-refractivity contribution in [2.45, 2.75) is 13.0 Å². The highest BCUT2D eigenvalue weighted by atomic mass is 32.2. The third-order valence-electron chi connectivity index (χ3n) is 4.25. The standard InChI is InChI=1S/C18H21N3O3S/c19-25(23,24)12-10-20-18(22)16-7-5-14(6-8-16)13-21-11-9-15-3-1-2-4-17(15)21/h1-8H,9-13H2,(H,20,22)(H2,19,23,24). The van der Waals surface area contributed by atoms with Gasteiger partial charge in [0.1, 0.15) is 0 Å². The molecule has 0 saturated heterocycles. The Bertz CT molecular complexity index is 863. The van der Waals surface area contributed by atoms with Gasteiger partial charge < -0.3 is 10.2 Å². The van der Waals surface area contributed by atoms with E-state index in [-0.39, 0.29) is 18.2 Å². The second-order valence-electron chi connectivity index (χ2n) is 6.12. The normalized spacial score (nSPS) is 13.6. The lowest BCUT2D eigenvalue weighted by Crippen LogP contribution is -2.31. The van der Waals surface area contributed by atoms with Crippen molar-refractivity contribution in [3.63, 3.8) is 0 Å². The van der Waals surface area contributed by atoms with Gasteiger partial charge in [-0.05, 0) is 35.7 Å². The minimum atomic E-state index is -3.57. The maximum Gasteiger partial charge on any atom is 0.251 e. The second kappa shape index (κ2) is 7.25. The van der Waals surface area contributed by atoms with E-state index in [1.54, 1.807) is 12.1 Å². The van der Waals surface area contributed by atoms with Gasteiger partial charge in [0.25, 0.3) is 5.91 Å². The van der Waals surface area contributed by atoms with Crippen LogP contribution in [0.1, 0.15) is 21.5 Å². The quantitative estimate of drug-likeness (QED) is 0.812. The molecule has 0 spiro atoms. The summed E-state index contributed by atoms with van der Waals surface area (Å²) in [5.74, 6) is -0.577. The van der Waals surface area contributed by atoms with Crippen LogP contribution >= 0.6 is 0 Å². The van der Waals surface area contributed by atoms with Crippen molar-refractivity contribution in [2.24, 2.45) is 5.14 Å². The SMILES string of the molecule is NS(=O)(=O)CCNC(=O)c1ccc(CN2CCc3ccccc32)cc1.